The lowest BCUT2D eigenvalue weighted by Gasteiger charge is -2.13. The van der Waals surface area contributed by atoms with Gasteiger partial charge in [-0.05, 0) is 18.6 Å². The van der Waals surface area contributed by atoms with Gasteiger partial charge in [-0.25, -0.2) is 4.39 Å². The van der Waals surface area contributed by atoms with Crippen molar-refractivity contribution in [3.05, 3.63) is 28.7 Å². The highest BCUT2D eigenvalue weighted by molar-refractivity contribution is 6.34. The van der Waals surface area contributed by atoms with Crippen LogP contribution in [0.3, 0.4) is 0 Å². The quantitative estimate of drug-likeness (QED) is 0.912. The van der Waals surface area contributed by atoms with E-state index in [1.54, 1.807) is 14.0 Å². The van der Waals surface area contributed by atoms with Crippen molar-refractivity contribution in [1.82, 2.24) is 9.78 Å². The molecule has 0 aliphatic heterocycles. The Labute approximate surface area is 109 Å². The van der Waals surface area contributed by atoms with E-state index in [1.165, 1.54) is 24.1 Å². The summed E-state index contributed by atoms with van der Waals surface area (Å²) in [5.41, 5.74) is 7.53. The first-order valence-electron chi connectivity index (χ1n) is 5.27. The Morgan fingerprint density at radius 3 is 2.67 bits per heavy atom. The molecule has 0 atom stereocenters. The van der Waals surface area contributed by atoms with Crippen LogP contribution in [0, 0.1) is 12.7 Å². The maximum Gasteiger partial charge on any atom is 0.142 e. The summed E-state index contributed by atoms with van der Waals surface area (Å²) in [4.78, 5) is 0. The fourth-order valence-electron chi connectivity index (χ4n) is 1.88. The molecule has 0 saturated heterocycles. The summed E-state index contributed by atoms with van der Waals surface area (Å²) in [5, 5.41) is 4.01. The molecule has 0 aliphatic carbocycles. The minimum absolute atomic E-state index is 0.0165. The SMILES string of the molecule is COc1c(C)cc(F)c(Cl)c1-c1cnn(C)c1N. The lowest BCUT2D eigenvalue weighted by Crippen LogP contribution is -2.00. The molecule has 0 amide bonds. The number of halogens is 2. The summed E-state index contributed by atoms with van der Waals surface area (Å²) in [6.07, 6.45) is 1.54. The van der Waals surface area contributed by atoms with E-state index >= 15 is 0 Å². The first kappa shape index (κ1) is 12.7. The molecule has 0 bridgehead atoms. The predicted molar refractivity (Wildman–Crippen MR) is 69.3 cm³/mol. The van der Waals surface area contributed by atoms with E-state index in [9.17, 15) is 4.39 Å². The molecule has 0 fully saturated rings. The van der Waals surface area contributed by atoms with Crippen LogP contribution in [0.2, 0.25) is 5.02 Å². The number of anilines is 1. The Kier molecular flexibility index (Phi) is 3.17. The van der Waals surface area contributed by atoms with Crippen LogP contribution in [-0.2, 0) is 7.05 Å². The molecule has 1 heterocycles. The average molecular weight is 270 g/mol. The third-order valence-corrected chi connectivity index (χ3v) is 3.19. The number of methoxy groups -OCH3 is 1. The van der Waals surface area contributed by atoms with Gasteiger partial charge in [-0.2, -0.15) is 5.10 Å². The van der Waals surface area contributed by atoms with Crippen LogP contribution in [0.5, 0.6) is 5.75 Å². The van der Waals surface area contributed by atoms with Crippen molar-refractivity contribution in [3.8, 4) is 16.9 Å². The van der Waals surface area contributed by atoms with E-state index in [2.05, 4.69) is 5.10 Å². The third-order valence-electron chi connectivity index (χ3n) is 2.82. The Morgan fingerprint density at radius 2 is 2.17 bits per heavy atom. The molecular formula is C12H13ClFN3O. The smallest absolute Gasteiger partial charge is 0.142 e. The summed E-state index contributed by atoms with van der Waals surface area (Å²) in [6.45, 7) is 1.74. The standard InChI is InChI=1S/C12H13ClFN3O/c1-6-4-8(14)10(13)9(11(6)18-3)7-5-16-17(2)12(7)15/h4-5H,15H2,1-3H3. The summed E-state index contributed by atoms with van der Waals surface area (Å²) in [5.74, 6) is 0.398. The zero-order valence-corrected chi connectivity index (χ0v) is 11.0. The molecule has 18 heavy (non-hydrogen) atoms. The number of nitrogens with zero attached hydrogens (tertiary/aromatic N) is 2. The fraction of sp³-hybridized carbons (Fsp3) is 0.250. The molecule has 0 radical (unpaired) electrons. The molecule has 0 aliphatic rings. The Morgan fingerprint density at radius 1 is 1.50 bits per heavy atom. The monoisotopic (exact) mass is 269 g/mol. The topological polar surface area (TPSA) is 53.1 Å². The number of nitrogens with two attached hydrogens (primary N) is 1. The van der Waals surface area contributed by atoms with Crippen molar-refractivity contribution < 1.29 is 9.13 Å². The summed E-state index contributed by atoms with van der Waals surface area (Å²) < 4.78 is 20.5. The van der Waals surface area contributed by atoms with Crippen molar-refractivity contribution in [1.29, 1.82) is 0 Å². The molecule has 6 heteroatoms. The van der Waals surface area contributed by atoms with Crippen molar-refractivity contribution in [3.63, 3.8) is 0 Å². The summed E-state index contributed by atoms with van der Waals surface area (Å²) >= 11 is 6.02. The van der Waals surface area contributed by atoms with Gasteiger partial charge in [0, 0.05) is 12.6 Å². The normalized spacial score (nSPS) is 10.7. The van der Waals surface area contributed by atoms with E-state index in [0.29, 0.717) is 28.3 Å². The lowest BCUT2D eigenvalue weighted by molar-refractivity contribution is 0.412. The van der Waals surface area contributed by atoms with Gasteiger partial charge in [0.15, 0.2) is 0 Å². The number of hydrogen-bond donors (Lipinski definition) is 1. The Hall–Kier alpha value is -1.75. The maximum atomic E-state index is 13.7. The largest absolute Gasteiger partial charge is 0.496 e. The van der Waals surface area contributed by atoms with Gasteiger partial charge in [0.1, 0.15) is 17.4 Å². The van der Waals surface area contributed by atoms with Crippen LogP contribution in [0.25, 0.3) is 11.1 Å². The second-order valence-electron chi connectivity index (χ2n) is 3.96. The third kappa shape index (κ3) is 1.80. The molecule has 96 valence electrons. The number of rotatable bonds is 2. The highest BCUT2D eigenvalue weighted by Crippen LogP contribution is 2.42. The molecule has 4 nitrogen and oxygen atoms in total. The fourth-order valence-corrected chi connectivity index (χ4v) is 2.12. The van der Waals surface area contributed by atoms with Gasteiger partial charge in [-0.15, -0.1) is 0 Å². The zero-order valence-electron chi connectivity index (χ0n) is 10.3. The molecular weight excluding hydrogens is 257 g/mol. The zero-order chi connectivity index (χ0) is 13.4. The summed E-state index contributed by atoms with van der Waals surface area (Å²) in [6, 6.07) is 1.33. The molecule has 0 spiro atoms. The Bertz CT molecular complexity index is 610. The lowest BCUT2D eigenvalue weighted by atomic mass is 10.0. The maximum absolute atomic E-state index is 13.7. The van der Waals surface area contributed by atoms with Crippen molar-refractivity contribution in [2.75, 3.05) is 12.8 Å². The van der Waals surface area contributed by atoms with Crippen LogP contribution in [0.1, 0.15) is 5.56 Å². The number of benzene rings is 1. The molecule has 0 saturated carbocycles. The van der Waals surface area contributed by atoms with Gasteiger partial charge < -0.3 is 10.5 Å². The second kappa shape index (κ2) is 4.49. The van der Waals surface area contributed by atoms with Gasteiger partial charge in [0.05, 0.1) is 23.9 Å². The molecule has 2 rings (SSSR count). The van der Waals surface area contributed by atoms with Gasteiger partial charge >= 0.3 is 0 Å². The first-order chi connectivity index (χ1) is 8.47. The minimum atomic E-state index is -0.506. The van der Waals surface area contributed by atoms with Gasteiger partial charge in [0.2, 0.25) is 0 Å². The van der Waals surface area contributed by atoms with Gasteiger partial charge in [-0.3, -0.25) is 4.68 Å². The van der Waals surface area contributed by atoms with E-state index in [0.717, 1.165) is 0 Å². The number of ether oxygens (including phenoxy) is 1. The molecule has 2 aromatic rings. The molecule has 1 aromatic carbocycles. The van der Waals surface area contributed by atoms with Crippen LogP contribution < -0.4 is 10.5 Å². The van der Waals surface area contributed by atoms with Crippen molar-refractivity contribution in [2.24, 2.45) is 7.05 Å². The molecule has 2 N–H and O–H groups in total. The van der Waals surface area contributed by atoms with Crippen molar-refractivity contribution >= 4 is 17.4 Å². The number of aryl methyl sites for hydroxylation is 2. The average Bonchev–Trinajstić information content (AvgIpc) is 2.65. The van der Waals surface area contributed by atoms with Gasteiger partial charge in [0.25, 0.3) is 0 Å². The first-order valence-corrected chi connectivity index (χ1v) is 5.65. The van der Waals surface area contributed by atoms with Crippen LogP contribution in [0.4, 0.5) is 10.2 Å². The Balaban J connectivity index is 2.81. The van der Waals surface area contributed by atoms with E-state index in [1.807, 2.05) is 0 Å². The van der Waals surface area contributed by atoms with Crippen LogP contribution in [0.15, 0.2) is 12.3 Å². The predicted octanol–water partition coefficient (Wildman–Crippen LogP) is 2.78. The number of nitrogen functional groups attached to an aromatic ring is 1. The van der Waals surface area contributed by atoms with Crippen molar-refractivity contribution in [2.45, 2.75) is 6.92 Å². The van der Waals surface area contributed by atoms with Crippen LogP contribution >= 0.6 is 11.6 Å². The molecule has 0 unspecified atom stereocenters. The molecule has 1 aromatic heterocycles. The van der Waals surface area contributed by atoms with Crippen LogP contribution in [-0.4, -0.2) is 16.9 Å². The highest BCUT2D eigenvalue weighted by Gasteiger charge is 2.21. The minimum Gasteiger partial charge on any atom is -0.496 e. The number of hydrogen-bond acceptors (Lipinski definition) is 3. The van der Waals surface area contributed by atoms with E-state index in [-0.39, 0.29) is 5.02 Å². The summed E-state index contributed by atoms with van der Waals surface area (Å²) in [7, 11) is 3.21. The second-order valence-corrected chi connectivity index (χ2v) is 4.34. The van der Waals surface area contributed by atoms with E-state index in [4.69, 9.17) is 22.1 Å². The number of aromatic nitrogens is 2. The van der Waals surface area contributed by atoms with E-state index < -0.39 is 5.82 Å². The highest BCUT2D eigenvalue weighted by atomic mass is 35.5. The van der Waals surface area contributed by atoms with Gasteiger partial charge in [-0.1, -0.05) is 11.6 Å².